The van der Waals surface area contributed by atoms with E-state index in [9.17, 15) is 0 Å². The Labute approximate surface area is 95.2 Å². The van der Waals surface area contributed by atoms with Gasteiger partial charge in [-0.3, -0.25) is 0 Å². The Bertz CT molecular complexity index is 149. The Hall–Kier alpha value is -0.120. The molecule has 0 saturated carbocycles. The highest BCUT2D eigenvalue weighted by Crippen LogP contribution is 2.02. The van der Waals surface area contributed by atoms with Crippen LogP contribution in [0.4, 0.5) is 0 Å². The molecule has 0 saturated heterocycles. The summed E-state index contributed by atoms with van der Waals surface area (Å²) in [6.45, 7) is 13.7. The van der Waals surface area contributed by atoms with Gasteiger partial charge < -0.3 is 16.4 Å². The van der Waals surface area contributed by atoms with E-state index in [-0.39, 0.29) is 5.54 Å². The summed E-state index contributed by atoms with van der Waals surface area (Å²) < 4.78 is 0. The molecule has 0 fully saturated rings. The van der Waals surface area contributed by atoms with Crippen molar-refractivity contribution in [1.29, 1.82) is 0 Å². The first kappa shape index (κ1) is 14.9. The third-order valence-corrected chi connectivity index (χ3v) is 2.20. The lowest BCUT2D eigenvalue weighted by molar-refractivity contribution is 0.423. The van der Waals surface area contributed by atoms with Gasteiger partial charge in [0, 0.05) is 31.2 Å². The van der Waals surface area contributed by atoms with Crippen LogP contribution in [-0.2, 0) is 0 Å². The molecule has 0 amide bonds. The van der Waals surface area contributed by atoms with E-state index in [0.29, 0.717) is 6.04 Å². The predicted octanol–water partition coefficient (Wildman–Crippen LogP) is 1.34. The zero-order chi connectivity index (χ0) is 11.9. The maximum Gasteiger partial charge on any atom is 0.0223 e. The van der Waals surface area contributed by atoms with Crippen LogP contribution >= 0.6 is 0 Å². The lowest BCUT2D eigenvalue weighted by Crippen LogP contribution is -2.45. The quantitative estimate of drug-likeness (QED) is 0.536. The molecule has 0 aromatic rings. The van der Waals surface area contributed by atoms with Crippen molar-refractivity contribution in [3.8, 4) is 0 Å². The molecular formula is C12H29N3. The Kier molecular flexibility index (Phi) is 7.14. The summed E-state index contributed by atoms with van der Waals surface area (Å²) in [5.41, 5.74) is 5.75. The second-order valence-corrected chi connectivity index (χ2v) is 5.65. The van der Waals surface area contributed by atoms with Crippen molar-refractivity contribution in [2.24, 2.45) is 11.7 Å². The first-order chi connectivity index (χ1) is 6.81. The summed E-state index contributed by atoms with van der Waals surface area (Å²) >= 11 is 0. The van der Waals surface area contributed by atoms with Crippen LogP contribution in [0.3, 0.4) is 0 Å². The molecule has 0 aliphatic rings. The Morgan fingerprint density at radius 3 is 2.20 bits per heavy atom. The van der Waals surface area contributed by atoms with Crippen LogP contribution in [-0.4, -0.2) is 31.2 Å². The summed E-state index contributed by atoms with van der Waals surface area (Å²) in [5, 5.41) is 6.84. The molecule has 0 spiro atoms. The minimum absolute atomic E-state index is 0.108. The van der Waals surface area contributed by atoms with Crippen molar-refractivity contribution >= 4 is 0 Å². The van der Waals surface area contributed by atoms with Crippen LogP contribution in [0.25, 0.3) is 0 Å². The molecule has 92 valence electrons. The number of rotatable bonds is 8. The first-order valence-corrected chi connectivity index (χ1v) is 6.04. The van der Waals surface area contributed by atoms with Gasteiger partial charge in [-0.15, -0.1) is 0 Å². The van der Waals surface area contributed by atoms with E-state index in [0.717, 1.165) is 25.6 Å². The fraction of sp³-hybridized carbons (Fsp3) is 1.00. The normalized spacial score (nSPS) is 14.6. The molecule has 1 atom stereocenters. The molecular weight excluding hydrogens is 186 g/mol. The van der Waals surface area contributed by atoms with Crippen LogP contribution in [0.1, 0.15) is 41.0 Å². The van der Waals surface area contributed by atoms with Crippen molar-refractivity contribution in [3.05, 3.63) is 0 Å². The molecule has 0 aliphatic heterocycles. The minimum atomic E-state index is -0.108. The van der Waals surface area contributed by atoms with E-state index in [2.05, 4.69) is 31.4 Å². The summed E-state index contributed by atoms with van der Waals surface area (Å²) in [4.78, 5) is 0. The topological polar surface area (TPSA) is 50.1 Å². The average Bonchev–Trinajstić information content (AvgIpc) is 1.99. The maximum atomic E-state index is 5.86. The fourth-order valence-corrected chi connectivity index (χ4v) is 1.61. The Morgan fingerprint density at radius 1 is 1.13 bits per heavy atom. The Morgan fingerprint density at radius 2 is 1.73 bits per heavy atom. The van der Waals surface area contributed by atoms with Gasteiger partial charge in [0.2, 0.25) is 0 Å². The van der Waals surface area contributed by atoms with Crippen LogP contribution in [0.2, 0.25) is 0 Å². The van der Waals surface area contributed by atoms with Gasteiger partial charge in [-0.25, -0.2) is 0 Å². The number of hydrogen-bond acceptors (Lipinski definition) is 3. The molecule has 0 rings (SSSR count). The van der Waals surface area contributed by atoms with E-state index in [1.807, 2.05) is 13.8 Å². The molecule has 1 unspecified atom stereocenters. The predicted molar refractivity (Wildman–Crippen MR) is 68.1 cm³/mol. The lowest BCUT2D eigenvalue weighted by Gasteiger charge is -2.20. The second kappa shape index (κ2) is 7.20. The molecule has 0 bridgehead atoms. The van der Waals surface area contributed by atoms with Crippen molar-refractivity contribution in [3.63, 3.8) is 0 Å². The summed E-state index contributed by atoms with van der Waals surface area (Å²) in [6, 6.07) is 0.609. The van der Waals surface area contributed by atoms with Gasteiger partial charge in [-0.2, -0.15) is 0 Å². The van der Waals surface area contributed by atoms with Crippen LogP contribution in [0, 0.1) is 5.92 Å². The monoisotopic (exact) mass is 215 g/mol. The SMILES string of the molecule is CC(C)CC(C)NCCNCC(C)(C)N. The third-order valence-electron chi connectivity index (χ3n) is 2.20. The molecule has 0 aromatic heterocycles. The van der Waals surface area contributed by atoms with Gasteiger partial charge in [0.1, 0.15) is 0 Å². The molecule has 15 heavy (non-hydrogen) atoms. The van der Waals surface area contributed by atoms with Crippen molar-refractivity contribution in [1.82, 2.24) is 10.6 Å². The smallest absolute Gasteiger partial charge is 0.0223 e. The number of nitrogens with one attached hydrogen (secondary N) is 2. The van der Waals surface area contributed by atoms with Gasteiger partial charge >= 0.3 is 0 Å². The summed E-state index contributed by atoms with van der Waals surface area (Å²) in [7, 11) is 0. The van der Waals surface area contributed by atoms with E-state index < -0.39 is 0 Å². The third kappa shape index (κ3) is 11.8. The summed E-state index contributed by atoms with van der Waals surface area (Å²) in [6.07, 6.45) is 1.24. The number of nitrogens with two attached hydrogens (primary N) is 1. The first-order valence-electron chi connectivity index (χ1n) is 6.04. The van der Waals surface area contributed by atoms with E-state index >= 15 is 0 Å². The largest absolute Gasteiger partial charge is 0.324 e. The average molecular weight is 215 g/mol. The molecule has 0 heterocycles. The van der Waals surface area contributed by atoms with Crippen LogP contribution < -0.4 is 16.4 Å². The van der Waals surface area contributed by atoms with E-state index in [1.165, 1.54) is 6.42 Å². The van der Waals surface area contributed by atoms with Gasteiger partial charge in [0.25, 0.3) is 0 Å². The second-order valence-electron chi connectivity index (χ2n) is 5.65. The number of hydrogen-bond donors (Lipinski definition) is 3. The van der Waals surface area contributed by atoms with Crippen molar-refractivity contribution < 1.29 is 0 Å². The van der Waals surface area contributed by atoms with Crippen LogP contribution in [0.5, 0.6) is 0 Å². The highest BCUT2D eigenvalue weighted by atomic mass is 15.0. The molecule has 3 nitrogen and oxygen atoms in total. The Balaban J connectivity index is 3.31. The van der Waals surface area contributed by atoms with Gasteiger partial charge in [-0.1, -0.05) is 13.8 Å². The molecule has 0 aliphatic carbocycles. The highest BCUT2D eigenvalue weighted by molar-refractivity contribution is 4.74. The summed E-state index contributed by atoms with van der Waals surface area (Å²) in [5.74, 6) is 0.767. The highest BCUT2D eigenvalue weighted by Gasteiger charge is 2.09. The van der Waals surface area contributed by atoms with E-state index in [1.54, 1.807) is 0 Å². The lowest BCUT2D eigenvalue weighted by atomic mass is 10.1. The molecule has 3 heteroatoms. The van der Waals surface area contributed by atoms with Crippen molar-refractivity contribution in [2.75, 3.05) is 19.6 Å². The maximum absolute atomic E-state index is 5.86. The van der Waals surface area contributed by atoms with Gasteiger partial charge in [0.15, 0.2) is 0 Å². The van der Waals surface area contributed by atoms with Crippen molar-refractivity contribution in [2.45, 2.75) is 52.6 Å². The molecule has 0 aromatic carbocycles. The molecule has 4 N–H and O–H groups in total. The van der Waals surface area contributed by atoms with Gasteiger partial charge in [0.05, 0.1) is 0 Å². The standard InChI is InChI=1S/C12H29N3/c1-10(2)8-11(3)15-7-6-14-9-12(4,5)13/h10-11,14-15H,6-9,13H2,1-5H3. The zero-order valence-corrected chi connectivity index (χ0v) is 11.1. The van der Waals surface area contributed by atoms with Crippen LogP contribution in [0.15, 0.2) is 0 Å². The van der Waals surface area contributed by atoms with E-state index in [4.69, 9.17) is 5.73 Å². The minimum Gasteiger partial charge on any atom is -0.324 e. The zero-order valence-electron chi connectivity index (χ0n) is 11.1. The van der Waals surface area contributed by atoms with Gasteiger partial charge in [-0.05, 0) is 33.1 Å². The molecule has 0 radical (unpaired) electrons. The fourth-order valence-electron chi connectivity index (χ4n) is 1.61.